The molecular weight excluding hydrogens is 229 g/mol. The van der Waals surface area contributed by atoms with E-state index in [0.29, 0.717) is 17.6 Å². The van der Waals surface area contributed by atoms with Crippen LogP contribution in [0.3, 0.4) is 0 Å². The summed E-state index contributed by atoms with van der Waals surface area (Å²) in [6.45, 7) is 8.00. The standard InChI is InChI=1S/C15H22FNO/c1-10(2)18-12-4-5-14(15(16)8-12)13-6-7-17-9-11(13)3/h4-5,8,10-11,13,17H,6-7,9H2,1-3H3/t11-,13+/m0/s1. The summed E-state index contributed by atoms with van der Waals surface area (Å²) >= 11 is 0. The summed E-state index contributed by atoms with van der Waals surface area (Å²) in [4.78, 5) is 0. The smallest absolute Gasteiger partial charge is 0.130 e. The molecule has 100 valence electrons. The van der Waals surface area contributed by atoms with Crippen LogP contribution in [0, 0.1) is 11.7 Å². The minimum absolute atomic E-state index is 0.0769. The lowest BCUT2D eigenvalue weighted by molar-refractivity contribution is 0.241. The Balaban J connectivity index is 2.18. The van der Waals surface area contributed by atoms with Gasteiger partial charge in [0, 0.05) is 6.07 Å². The summed E-state index contributed by atoms with van der Waals surface area (Å²) in [6, 6.07) is 5.29. The van der Waals surface area contributed by atoms with Crippen molar-refractivity contribution in [3.63, 3.8) is 0 Å². The Bertz CT molecular complexity index is 405. The molecule has 2 nitrogen and oxygen atoms in total. The number of rotatable bonds is 3. The zero-order valence-corrected chi connectivity index (χ0v) is 11.4. The molecular formula is C15H22FNO. The molecule has 1 heterocycles. The molecule has 1 aliphatic heterocycles. The zero-order valence-electron chi connectivity index (χ0n) is 11.4. The van der Waals surface area contributed by atoms with E-state index in [9.17, 15) is 4.39 Å². The minimum Gasteiger partial charge on any atom is -0.491 e. The molecule has 3 heteroatoms. The average molecular weight is 251 g/mol. The molecule has 1 saturated heterocycles. The first-order valence-corrected chi connectivity index (χ1v) is 6.74. The van der Waals surface area contributed by atoms with E-state index >= 15 is 0 Å². The molecule has 0 aliphatic carbocycles. The normalized spacial score (nSPS) is 24.3. The second-order valence-corrected chi connectivity index (χ2v) is 5.43. The predicted octanol–water partition coefficient (Wildman–Crippen LogP) is 3.33. The molecule has 18 heavy (non-hydrogen) atoms. The largest absolute Gasteiger partial charge is 0.491 e. The predicted molar refractivity (Wildman–Crippen MR) is 71.6 cm³/mol. The first-order chi connectivity index (χ1) is 8.58. The highest BCUT2D eigenvalue weighted by molar-refractivity contribution is 5.32. The fourth-order valence-electron chi connectivity index (χ4n) is 2.63. The summed E-state index contributed by atoms with van der Waals surface area (Å²) in [5.74, 6) is 1.28. The van der Waals surface area contributed by atoms with Crippen LogP contribution >= 0.6 is 0 Å². The van der Waals surface area contributed by atoms with E-state index in [4.69, 9.17) is 4.74 Å². The third-order valence-corrected chi connectivity index (χ3v) is 3.53. The van der Waals surface area contributed by atoms with Gasteiger partial charge in [-0.05, 0) is 56.8 Å². The van der Waals surface area contributed by atoms with Crippen LogP contribution in [0.4, 0.5) is 4.39 Å². The van der Waals surface area contributed by atoms with Gasteiger partial charge in [0.1, 0.15) is 11.6 Å². The van der Waals surface area contributed by atoms with Gasteiger partial charge in [0.2, 0.25) is 0 Å². The van der Waals surface area contributed by atoms with E-state index < -0.39 is 0 Å². The minimum atomic E-state index is -0.132. The molecule has 0 saturated carbocycles. The second kappa shape index (κ2) is 5.70. The molecule has 2 rings (SSSR count). The molecule has 0 radical (unpaired) electrons. The molecule has 0 aromatic heterocycles. The van der Waals surface area contributed by atoms with E-state index in [-0.39, 0.29) is 11.9 Å². The van der Waals surface area contributed by atoms with Crippen LogP contribution in [0.5, 0.6) is 5.75 Å². The summed E-state index contributed by atoms with van der Waals surface area (Å²) in [6.07, 6.45) is 1.08. The van der Waals surface area contributed by atoms with Crippen LogP contribution in [-0.4, -0.2) is 19.2 Å². The van der Waals surface area contributed by atoms with Crippen molar-refractivity contribution in [2.75, 3.05) is 13.1 Å². The van der Waals surface area contributed by atoms with Crippen LogP contribution in [0.1, 0.15) is 38.7 Å². The van der Waals surface area contributed by atoms with E-state index in [2.05, 4.69) is 12.2 Å². The van der Waals surface area contributed by atoms with Crippen LogP contribution < -0.4 is 10.1 Å². The number of ether oxygens (including phenoxy) is 1. The molecule has 1 aliphatic rings. The topological polar surface area (TPSA) is 21.3 Å². The molecule has 1 fully saturated rings. The first kappa shape index (κ1) is 13.3. The quantitative estimate of drug-likeness (QED) is 0.889. The van der Waals surface area contributed by atoms with Crippen LogP contribution in [0.15, 0.2) is 18.2 Å². The van der Waals surface area contributed by atoms with Crippen molar-refractivity contribution >= 4 is 0 Å². The number of benzene rings is 1. The molecule has 0 spiro atoms. The van der Waals surface area contributed by atoms with Crippen molar-refractivity contribution in [3.05, 3.63) is 29.6 Å². The van der Waals surface area contributed by atoms with Crippen molar-refractivity contribution in [3.8, 4) is 5.75 Å². The van der Waals surface area contributed by atoms with E-state index in [1.807, 2.05) is 26.0 Å². The van der Waals surface area contributed by atoms with Gasteiger partial charge in [0.25, 0.3) is 0 Å². The fraction of sp³-hybridized carbons (Fsp3) is 0.600. The van der Waals surface area contributed by atoms with Gasteiger partial charge < -0.3 is 10.1 Å². The monoisotopic (exact) mass is 251 g/mol. The summed E-state index contributed by atoms with van der Waals surface area (Å²) in [5.41, 5.74) is 0.833. The van der Waals surface area contributed by atoms with Gasteiger partial charge in [0.15, 0.2) is 0 Å². The number of piperidine rings is 1. The van der Waals surface area contributed by atoms with Crippen molar-refractivity contribution in [1.82, 2.24) is 5.32 Å². The van der Waals surface area contributed by atoms with Crippen molar-refractivity contribution < 1.29 is 9.13 Å². The van der Waals surface area contributed by atoms with E-state index in [0.717, 1.165) is 25.1 Å². The van der Waals surface area contributed by atoms with Gasteiger partial charge in [-0.25, -0.2) is 4.39 Å². The number of halogens is 1. The lowest BCUT2D eigenvalue weighted by atomic mass is 9.82. The van der Waals surface area contributed by atoms with E-state index in [1.165, 1.54) is 6.07 Å². The van der Waals surface area contributed by atoms with Gasteiger partial charge in [-0.15, -0.1) is 0 Å². The van der Waals surface area contributed by atoms with Crippen molar-refractivity contribution in [2.24, 2.45) is 5.92 Å². The lowest BCUT2D eigenvalue weighted by Gasteiger charge is -2.30. The average Bonchev–Trinajstić information content (AvgIpc) is 2.30. The van der Waals surface area contributed by atoms with Crippen LogP contribution in [0.2, 0.25) is 0 Å². The Labute approximate surface area is 109 Å². The number of nitrogens with one attached hydrogen (secondary N) is 1. The number of hydrogen-bond donors (Lipinski definition) is 1. The Hall–Kier alpha value is -1.09. The highest BCUT2D eigenvalue weighted by Crippen LogP contribution is 2.33. The third kappa shape index (κ3) is 3.02. The number of hydrogen-bond acceptors (Lipinski definition) is 2. The van der Waals surface area contributed by atoms with Gasteiger partial charge in [-0.2, -0.15) is 0 Å². The van der Waals surface area contributed by atoms with Gasteiger partial charge in [0.05, 0.1) is 6.10 Å². The molecule has 1 aromatic carbocycles. The maximum absolute atomic E-state index is 14.2. The highest BCUT2D eigenvalue weighted by Gasteiger charge is 2.25. The molecule has 1 N–H and O–H groups in total. The Morgan fingerprint density at radius 3 is 2.78 bits per heavy atom. The molecule has 0 bridgehead atoms. The molecule has 1 aromatic rings. The van der Waals surface area contributed by atoms with Crippen LogP contribution in [-0.2, 0) is 0 Å². The Morgan fingerprint density at radius 2 is 2.17 bits per heavy atom. The van der Waals surface area contributed by atoms with Crippen molar-refractivity contribution in [2.45, 2.75) is 39.2 Å². The zero-order chi connectivity index (χ0) is 13.1. The second-order valence-electron chi connectivity index (χ2n) is 5.43. The third-order valence-electron chi connectivity index (χ3n) is 3.53. The highest BCUT2D eigenvalue weighted by atomic mass is 19.1. The van der Waals surface area contributed by atoms with Gasteiger partial charge >= 0.3 is 0 Å². The summed E-state index contributed by atoms with van der Waals surface area (Å²) < 4.78 is 19.7. The van der Waals surface area contributed by atoms with Crippen LogP contribution in [0.25, 0.3) is 0 Å². The first-order valence-electron chi connectivity index (χ1n) is 6.74. The maximum atomic E-state index is 14.2. The Morgan fingerprint density at radius 1 is 1.39 bits per heavy atom. The van der Waals surface area contributed by atoms with Crippen molar-refractivity contribution in [1.29, 1.82) is 0 Å². The van der Waals surface area contributed by atoms with Gasteiger partial charge in [-0.3, -0.25) is 0 Å². The molecule has 0 unspecified atom stereocenters. The molecule has 2 atom stereocenters. The lowest BCUT2D eigenvalue weighted by Crippen LogP contribution is -2.34. The summed E-state index contributed by atoms with van der Waals surface area (Å²) in [7, 11) is 0. The fourth-order valence-corrected chi connectivity index (χ4v) is 2.63. The summed E-state index contributed by atoms with van der Waals surface area (Å²) in [5, 5.41) is 3.34. The van der Waals surface area contributed by atoms with E-state index in [1.54, 1.807) is 0 Å². The molecule has 0 amide bonds. The van der Waals surface area contributed by atoms with Gasteiger partial charge in [-0.1, -0.05) is 13.0 Å². The maximum Gasteiger partial charge on any atom is 0.130 e. The SMILES string of the molecule is CC(C)Oc1ccc([C@@H]2CCNC[C@@H]2C)c(F)c1. The Kier molecular flexibility index (Phi) is 4.23.